The summed E-state index contributed by atoms with van der Waals surface area (Å²) >= 11 is 5.22. The van der Waals surface area contributed by atoms with E-state index >= 15 is 0 Å². The van der Waals surface area contributed by atoms with Gasteiger partial charge in [-0.05, 0) is 17.7 Å². The number of carbonyl (C=O) groups excluding carboxylic acids is 2. The molecule has 2 N–H and O–H groups in total. The fraction of sp³-hybridized carbons (Fsp3) is 0.182. The molecule has 5 nitrogen and oxygen atoms in total. The van der Waals surface area contributed by atoms with Crippen molar-refractivity contribution in [1.82, 2.24) is 10.6 Å². The zero-order valence-electron chi connectivity index (χ0n) is 8.87. The molecule has 1 aromatic rings. The average Bonchev–Trinajstić information content (AvgIpc) is 2.36. The summed E-state index contributed by atoms with van der Waals surface area (Å²) in [4.78, 5) is 21.9. The van der Waals surface area contributed by atoms with Gasteiger partial charge in [0.2, 0.25) is 5.91 Å². The Kier molecular flexibility index (Phi) is 4.98. The van der Waals surface area contributed by atoms with E-state index in [9.17, 15) is 9.59 Å². The lowest BCUT2D eigenvalue weighted by molar-refractivity contribution is -0.117. The number of hydrogen-bond acceptors (Lipinski definition) is 3. The molecule has 0 unspecified atom stereocenters. The number of alkyl halides is 1. The maximum absolute atomic E-state index is 11.2. The lowest BCUT2D eigenvalue weighted by Gasteiger charge is -2.05. The quantitative estimate of drug-likeness (QED) is 0.790. The predicted octanol–water partition coefficient (Wildman–Crippen LogP) is 1.12. The Balaban J connectivity index is 2.42. The Morgan fingerprint density at radius 1 is 1.29 bits per heavy atom. The summed E-state index contributed by atoms with van der Waals surface area (Å²) < 4.78 is 0. The number of halogens is 1. The standard InChI is InChI=1S/C11H10ClN3O2/c12-5-10(16)15-11(17)14-7-9-3-1-8(6-13)2-4-9/h1-4H,5,7H2,(H2,14,15,16,17). The Labute approximate surface area is 103 Å². The fourth-order valence-corrected chi connectivity index (χ4v) is 1.15. The van der Waals surface area contributed by atoms with Crippen LogP contribution in [0.3, 0.4) is 0 Å². The van der Waals surface area contributed by atoms with Gasteiger partial charge in [0.25, 0.3) is 0 Å². The van der Waals surface area contributed by atoms with Crippen molar-refractivity contribution in [2.45, 2.75) is 6.54 Å². The molecule has 0 radical (unpaired) electrons. The van der Waals surface area contributed by atoms with Gasteiger partial charge in [-0.1, -0.05) is 12.1 Å². The van der Waals surface area contributed by atoms with Crippen LogP contribution >= 0.6 is 11.6 Å². The van der Waals surface area contributed by atoms with Crippen LogP contribution in [0.2, 0.25) is 0 Å². The van der Waals surface area contributed by atoms with Crippen molar-refractivity contribution in [3.05, 3.63) is 35.4 Å². The van der Waals surface area contributed by atoms with Crippen molar-refractivity contribution in [2.75, 3.05) is 5.88 Å². The molecule has 0 fully saturated rings. The first-order valence-corrected chi connectivity index (χ1v) is 5.32. The van der Waals surface area contributed by atoms with Crippen molar-refractivity contribution in [1.29, 1.82) is 5.26 Å². The molecular formula is C11H10ClN3O2. The van der Waals surface area contributed by atoms with E-state index in [-0.39, 0.29) is 12.4 Å². The van der Waals surface area contributed by atoms with Crippen LogP contribution in [0.5, 0.6) is 0 Å². The van der Waals surface area contributed by atoms with Gasteiger partial charge in [-0.2, -0.15) is 5.26 Å². The van der Waals surface area contributed by atoms with E-state index in [1.165, 1.54) is 0 Å². The second-order valence-corrected chi connectivity index (χ2v) is 3.44. The Morgan fingerprint density at radius 3 is 2.47 bits per heavy atom. The topological polar surface area (TPSA) is 82.0 Å². The molecule has 0 heterocycles. The summed E-state index contributed by atoms with van der Waals surface area (Å²) in [5, 5.41) is 13.1. The molecule has 6 heteroatoms. The van der Waals surface area contributed by atoms with Crippen LogP contribution in [0.4, 0.5) is 4.79 Å². The highest BCUT2D eigenvalue weighted by Gasteiger charge is 2.05. The molecule has 0 spiro atoms. The third-order valence-electron chi connectivity index (χ3n) is 1.91. The smallest absolute Gasteiger partial charge is 0.321 e. The van der Waals surface area contributed by atoms with Gasteiger partial charge in [-0.15, -0.1) is 11.6 Å². The third-order valence-corrected chi connectivity index (χ3v) is 2.15. The van der Waals surface area contributed by atoms with Crippen molar-refractivity contribution in [2.24, 2.45) is 0 Å². The Hall–Kier alpha value is -2.06. The minimum Gasteiger partial charge on any atom is -0.334 e. The first kappa shape index (κ1) is 13.0. The minimum absolute atomic E-state index is 0.260. The van der Waals surface area contributed by atoms with Crippen LogP contribution in [0.25, 0.3) is 0 Å². The second-order valence-electron chi connectivity index (χ2n) is 3.17. The highest BCUT2D eigenvalue weighted by molar-refractivity contribution is 6.28. The van der Waals surface area contributed by atoms with Crippen molar-refractivity contribution in [3.63, 3.8) is 0 Å². The molecule has 0 saturated heterocycles. The fourth-order valence-electron chi connectivity index (χ4n) is 1.08. The van der Waals surface area contributed by atoms with Gasteiger partial charge in [0, 0.05) is 6.54 Å². The summed E-state index contributed by atoms with van der Waals surface area (Å²) in [5.41, 5.74) is 1.38. The highest BCUT2D eigenvalue weighted by atomic mass is 35.5. The van der Waals surface area contributed by atoms with Crippen molar-refractivity contribution < 1.29 is 9.59 Å². The van der Waals surface area contributed by atoms with E-state index in [2.05, 4.69) is 5.32 Å². The summed E-state index contributed by atoms with van der Waals surface area (Å²) in [5.74, 6) is -0.811. The first-order chi connectivity index (χ1) is 8.15. The van der Waals surface area contributed by atoms with E-state index in [0.717, 1.165) is 5.56 Å². The molecule has 0 aliphatic rings. The van der Waals surface area contributed by atoms with Gasteiger partial charge in [0.1, 0.15) is 5.88 Å². The van der Waals surface area contributed by atoms with E-state index < -0.39 is 11.9 Å². The number of amides is 3. The van der Waals surface area contributed by atoms with E-state index in [1.807, 2.05) is 11.4 Å². The van der Waals surface area contributed by atoms with Crippen LogP contribution in [-0.2, 0) is 11.3 Å². The molecule has 0 aromatic heterocycles. The van der Waals surface area contributed by atoms with Gasteiger partial charge in [-0.3, -0.25) is 10.1 Å². The van der Waals surface area contributed by atoms with Gasteiger partial charge >= 0.3 is 6.03 Å². The zero-order chi connectivity index (χ0) is 12.7. The van der Waals surface area contributed by atoms with Crippen molar-refractivity contribution >= 4 is 23.5 Å². The molecule has 0 aliphatic carbocycles. The molecule has 1 rings (SSSR count). The Morgan fingerprint density at radius 2 is 1.94 bits per heavy atom. The van der Waals surface area contributed by atoms with E-state index in [4.69, 9.17) is 16.9 Å². The molecular weight excluding hydrogens is 242 g/mol. The van der Waals surface area contributed by atoms with Crippen molar-refractivity contribution in [3.8, 4) is 6.07 Å². The summed E-state index contributed by atoms with van der Waals surface area (Å²) in [6.07, 6.45) is 0. The number of nitrogens with one attached hydrogen (secondary N) is 2. The average molecular weight is 252 g/mol. The van der Waals surface area contributed by atoms with E-state index in [0.29, 0.717) is 5.56 Å². The van der Waals surface area contributed by atoms with Crippen LogP contribution in [0.15, 0.2) is 24.3 Å². The second kappa shape index (κ2) is 6.51. The number of nitrogens with zero attached hydrogens (tertiary/aromatic N) is 1. The Bertz CT molecular complexity index is 451. The number of rotatable bonds is 3. The molecule has 88 valence electrons. The summed E-state index contributed by atoms with van der Waals surface area (Å²) in [6.45, 7) is 0.271. The summed E-state index contributed by atoms with van der Waals surface area (Å²) in [6, 6.07) is 8.15. The van der Waals surface area contributed by atoms with Gasteiger partial charge < -0.3 is 5.32 Å². The van der Waals surface area contributed by atoms with Gasteiger partial charge in [-0.25, -0.2) is 4.79 Å². The molecule has 1 aromatic carbocycles. The lowest BCUT2D eigenvalue weighted by Crippen LogP contribution is -2.39. The van der Waals surface area contributed by atoms with E-state index in [1.54, 1.807) is 24.3 Å². The number of imide groups is 1. The molecule has 0 atom stereocenters. The maximum Gasteiger partial charge on any atom is 0.321 e. The van der Waals surface area contributed by atoms with Crippen LogP contribution in [-0.4, -0.2) is 17.8 Å². The number of carbonyl (C=O) groups is 2. The molecule has 0 aliphatic heterocycles. The molecule has 17 heavy (non-hydrogen) atoms. The minimum atomic E-state index is -0.597. The van der Waals surface area contributed by atoms with Gasteiger partial charge in [0.15, 0.2) is 0 Å². The number of urea groups is 1. The molecule has 0 saturated carbocycles. The summed E-state index contributed by atoms with van der Waals surface area (Å²) in [7, 11) is 0. The molecule has 3 amide bonds. The van der Waals surface area contributed by atoms with Crippen LogP contribution in [0.1, 0.15) is 11.1 Å². The lowest BCUT2D eigenvalue weighted by atomic mass is 10.1. The predicted molar refractivity (Wildman–Crippen MR) is 62.3 cm³/mol. The van der Waals surface area contributed by atoms with Gasteiger partial charge in [0.05, 0.1) is 11.6 Å². The highest BCUT2D eigenvalue weighted by Crippen LogP contribution is 2.02. The monoisotopic (exact) mass is 251 g/mol. The third kappa shape index (κ3) is 4.53. The maximum atomic E-state index is 11.2. The zero-order valence-corrected chi connectivity index (χ0v) is 9.62. The first-order valence-electron chi connectivity index (χ1n) is 4.78. The number of hydrogen-bond donors (Lipinski definition) is 2. The van der Waals surface area contributed by atoms with Crippen LogP contribution in [0, 0.1) is 11.3 Å². The molecule has 0 bridgehead atoms. The number of benzene rings is 1. The van der Waals surface area contributed by atoms with Crippen LogP contribution < -0.4 is 10.6 Å². The SMILES string of the molecule is N#Cc1ccc(CNC(=O)NC(=O)CCl)cc1. The number of nitriles is 1. The largest absolute Gasteiger partial charge is 0.334 e. The normalized spacial score (nSPS) is 9.18.